The molecule has 31 heavy (non-hydrogen) atoms. The molecule has 2 heterocycles. The third kappa shape index (κ3) is 4.24. The average molecular weight is 446 g/mol. The molecule has 4 aromatic rings. The van der Waals surface area contributed by atoms with Gasteiger partial charge in [0.05, 0.1) is 22.6 Å². The number of halogens is 3. The van der Waals surface area contributed by atoms with Crippen LogP contribution < -0.4 is 10.1 Å². The number of alkyl halides is 3. The molecule has 0 aliphatic rings. The van der Waals surface area contributed by atoms with Gasteiger partial charge in [-0.1, -0.05) is 23.5 Å². The van der Waals surface area contributed by atoms with E-state index in [2.05, 4.69) is 15.4 Å². The Morgan fingerprint density at radius 2 is 1.97 bits per heavy atom. The molecule has 0 spiro atoms. The van der Waals surface area contributed by atoms with Crippen molar-refractivity contribution in [1.82, 2.24) is 14.8 Å². The Labute approximate surface area is 179 Å². The van der Waals surface area contributed by atoms with Gasteiger partial charge in [-0.05, 0) is 44.2 Å². The third-order valence-electron chi connectivity index (χ3n) is 4.38. The number of ether oxygens (including phenoxy) is 1. The minimum Gasteiger partial charge on any atom is -0.492 e. The van der Waals surface area contributed by atoms with E-state index in [1.165, 1.54) is 28.2 Å². The molecule has 1 amide bonds. The van der Waals surface area contributed by atoms with Crippen LogP contribution in [0, 0.1) is 6.92 Å². The van der Waals surface area contributed by atoms with Crippen molar-refractivity contribution in [2.75, 3.05) is 11.9 Å². The highest BCUT2D eigenvalue weighted by Gasteiger charge is 2.31. The largest absolute Gasteiger partial charge is 0.492 e. The lowest BCUT2D eigenvalue weighted by Crippen LogP contribution is -2.16. The second kappa shape index (κ2) is 8.03. The number of thiazole rings is 1. The van der Waals surface area contributed by atoms with Crippen LogP contribution in [-0.4, -0.2) is 27.3 Å². The fourth-order valence-corrected chi connectivity index (χ4v) is 3.98. The number of hydrogen-bond acceptors (Lipinski definition) is 5. The van der Waals surface area contributed by atoms with E-state index in [9.17, 15) is 18.0 Å². The Bertz CT molecular complexity index is 1260. The Kier molecular flexibility index (Phi) is 5.40. The van der Waals surface area contributed by atoms with Crippen LogP contribution in [0.2, 0.25) is 0 Å². The van der Waals surface area contributed by atoms with Gasteiger partial charge < -0.3 is 10.1 Å². The van der Waals surface area contributed by atoms with Gasteiger partial charge in [0.1, 0.15) is 17.1 Å². The molecule has 0 unspecified atom stereocenters. The summed E-state index contributed by atoms with van der Waals surface area (Å²) >= 11 is 1.36. The topological polar surface area (TPSA) is 69.0 Å². The number of carbonyl (C=O) groups is 1. The summed E-state index contributed by atoms with van der Waals surface area (Å²) in [7, 11) is 0. The number of nitrogens with zero attached hydrogens (tertiary/aromatic N) is 3. The van der Waals surface area contributed by atoms with Crippen LogP contribution in [0.1, 0.15) is 28.5 Å². The van der Waals surface area contributed by atoms with Crippen LogP contribution in [0.4, 0.5) is 19.0 Å². The van der Waals surface area contributed by atoms with Crippen molar-refractivity contribution in [3.63, 3.8) is 0 Å². The number of carbonyl (C=O) groups excluding carboxylic acids is 1. The van der Waals surface area contributed by atoms with Crippen LogP contribution >= 0.6 is 11.3 Å². The molecule has 4 rings (SSSR count). The molecule has 2 aromatic carbocycles. The van der Waals surface area contributed by atoms with E-state index in [0.717, 1.165) is 16.8 Å². The highest BCUT2D eigenvalue weighted by atomic mass is 32.1. The van der Waals surface area contributed by atoms with Gasteiger partial charge in [-0.25, -0.2) is 4.98 Å². The van der Waals surface area contributed by atoms with E-state index in [1.807, 2.05) is 25.1 Å². The SMILES string of the molecule is CCOc1cccc2sc(-n3nc(C)cc3NC(=O)c3cccc(C(F)(F)F)c3)nc12. The average Bonchev–Trinajstić information content (AvgIpc) is 3.31. The second-order valence-electron chi connectivity index (χ2n) is 6.65. The first-order chi connectivity index (χ1) is 14.8. The Morgan fingerprint density at radius 1 is 1.19 bits per heavy atom. The Morgan fingerprint density at radius 3 is 2.71 bits per heavy atom. The van der Waals surface area contributed by atoms with E-state index in [4.69, 9.17) is 4.74 Å². The van der Waals surface area contributed by atoms with E-state index < -0.39 is 17.6 Å². The number of para-hydroxylation sites is 1. The number of anilines is 1. The van der Waals surface area contributed by atoms with Gasteiger partial charge in [-0.15, -0.1) is 0 Å². The molecule has 10 heteroatoms. The molecule has 0 saturated carbocycles. The molecular weight excluding hydrogens is 429 g/mol. The molecule has 2 aromatic heterocycles. The first-order valence-electron chi connectivity index (χ1n) is 9.34. The summed E-state index contributed by atoms with van der Waals surface area (Å²) in [5.41, 5.74) is 0.291. The summed E-state index contributed by atoms with van der Waals surface area (Å²) < 4.78 is 46.9. The molecule has 0 atom stereocenters. The molecule has 0 aliphatic heterocycles. The van der Waals surface area contributed by atoms with Gasteiger partial charge in [-0.2, -0.15) is 23.0 Å². The number of rotatable bonds is 5. The smallest absolute Gasteiger partial charge is 0.416 e. The van der Waals surface area contributed by atoms with Crippen molar-refractivity contribution < 1.29 is 22.7 Å². The normalized spacial score (nSPS) is 11.6. The first kappa shape index (κ1) is 20.9. The van der Waals surface area contributed by atoms with Crippen molar-refractivity contribution in [2.24, 2.45) is 0 Å². The molecular formula is C21H17F3N4O2S. The van der Waals surface area contributed by atoms with E-state index in [0.29, 0.717) is 34.5 Å². The minimum absolute atomic E-state index is 0.108. The number of benzene rings is 2. The van der Waals surface area contributed by atoms with Crippen molar-refractivity contribution in [2.45, 2.75) is 20.0 Å². The van der Waals surface area contributed by atoms with Crippen molar-refractivity contribution >= 4 is 33.3 Å². The van der Waals surface area contributed by atoms with Gasteiger partial charge in [-0.3, -0.25) is 4.79 Å². The van der Waals surface area contributed by atoms with Crippen LogP contribution in [0.25, 0.3) is 15.3 Å². The molecule has 1 N–H and O–H groups in total. The van der Waals surface area contributed by atoms with Gasteiger partial charge >= 0.3 is 6.18 Å². The second-order valence-corrected chi connectivity index (χ2v) is 7.66. The van der Waals surface area contributed by atoms with Crippen LogP contribution in [0.3, 0.4) is 0 Å². The maximum atomic E-state index is 13.0. The Hall–Kier alpha value is -3.40. The quantitative estimate of drug-likeness (QED) is 0.442. The minimum atomic E-state index is -4.53. The molecule has 160 valence electrons. The highest BCUT2D eigenvalue weighted by Crippen LogP contribution is 2.33. The van der Waals surface area contributed by atoms with Gasteiger partial charge in [0.25, 0.3) is 5.91 Å². The number of aryl methyl sites for hydroxylation is 1. The zero-order chi connectivity index (χ0) is 22.2. The zero-order valence-corrected chi connectivity index (χ0v) is 17.3. The van der Waals surface area contributed by atoms with E-state index in [1.54, 1.807) is 13.0 Å². The summed E-state index contributed by atoms with van der Waals surface area (Å²) in [5.74, 6) is 0.265. The zero-order valence-electron chi connectivity index (χ0n) is 16.5. The fraction of sp³-hybridized carbons (Fsp3) is 0.190. The summed E-state index contributed by atoms with van der Waals surface area (Å²) in [6, 6.07) is 11.5. The summed E-state index contributed by atoms with van der Waals surface area (Å²) in [6.45, 7) is 4.12. The molecule has 6 nitrogen and oxygen atoms in total. The summed E-state index contributed by atoms with van der Waals surface area (Å²) in [5, 5.41) is 7.52. The molecule has 0 bridgehead atoms. The van der Waals surface area contributed by atoms with E-state index >= 15 is 0 Å². The highest BCUT2D eigenvalue weighted by molar-refractivity contribution is 7.20. The lowest BCUT2D eigenvalue weighted by Gasteiger charge is -2.09. The maximum absolute atomic E-state index is 13.0. The number of amides is 1. The van der Waals surface area contributed by atoms with Crippen LogP contribution in [0.15, 0.2) is 48.5 Å². The summed E-state index contributed by atoms with van der Waals surface area (Å²) in [6.07, 6.45) is -4.53. The number of fused-ring (bicyclic) bond motifs is 1. The number of aromatic nitrogens is 3. The van der Waals surface area contributed by atoms with Gasteiger partial charge in [0.15, 0.2) is 0 Å². The van der Waals surface area contributed by atoms with Crippen molar-refractivity contribution in [1.29, 1.82) is 0 Å². The standard InChI is InChI=1S/C21H17F3N4O2S/c1-3-30-15-8-5-9-16-18(15)26-20(31-16)28-17(10-12(2)27-28)25-19(29)13-6-4-7-14(11-13)21(22,23)24/h4-11H,3H2,1-2H3,(H,25,29). The first-order valence-corrected chi connectivity index (χ1v) is 10.2. The monoisotopic (exact) mass is 446 g/mol. The molecule has 0 aliphatic carbocycles. The number of nitrogens with one attached hydrogen (secondary N) is 1. The predicted octanol–water partition coefficient (Wildman–Crippen LogP) is 5.46. The van der Waals surface area contributed by atoms with Gasteiger partial charge in [0.2, 0.25) is 5.13 Å². The van der Waals surface area contributed by atoms with E-state index in [-0.39, 0.29) is 5.56 Å². The Balaban J connectivity index is 1.68. The van der Waals surface area contributed by atoms with Gasteiger partial charge in [0, 0.05) is 11.6 Å². The van der Waals surface area contributed by atoms with Crippen LogP contribution in [0.5, 0.6) is 5.75 Å². The summed E-state index contributed by atoms with van der Waals surface area (Å²) in [4.78, 5) is 17.2. The third-order valence-corrected chi connectivity index (χ3v) is 5.37. The van der Waals surface area contributed by atoms with Crippen LogP contribution in [-0.2, 0) is 6.18 Å². The maximum Gasteiger partial charge on any atom is 0.416 e. The van der Waals surface area contributed by atoms with Crippen molar-refractivity contribution in [3.8, 4) is 10.9 Å². The lowest BCUT2D eigenvalue weighted by atomic mass is 10.1. The number of hydrogen-bond donors (Lipinski definition) is 1. The molecule has 0 radical (unpaired) electrons. The molecule has 0 saturated heterocycles. The molecule has 0 fully saturated rings. The lowest BCUT2D eigenvalue weighted by molar-refractivity contribution is -0.137. The van der Waals surface area contributed by atoms with Crippen molar-refractivity contribution in [3.05, 3.63) is 65.4 Å². The predicted molar refractivity (Wildman–Crippen MR) is 112 cm³/mol. The fourth-order valence-electron chi connectivity index (χ4n) is 3.03.